The Kier molecular flexibility index (Phi) is 5.82. The number of ether oxygens (including phenoxy) is 1. The summed E-state index contributed by atoms with van der Waals surface area (Å²) in [7, 11) is 0. The van der Waals surface area contributed by atoms with E-state index in [0.29, 0.717) is 11.8 Å². The van der Waals surface area contributed by atoms with Crippen molar-refractivity contribution in [3.63, 3.8) is 0 Å². The monoisotopic (exact) mass is 252 g/mol. The molecule has 0 aliphatic rings. The van der Waals surface area contributed by atoms with Crippen LogP contribution in [0, 0.1) is 0 Å². The Hall–Kier alpha value is 0.160. The van der Waals surface area contributed by atoms with E-state index in [0.717, 1.165) is 0 Å². The van der Waals surface area contributed by atoms with Gasteiger partial charge in [-0.15, -0.1) is 0 Å². The molecular weight excluding hydrogens is 244 g/mol. The first-order valence-corrected chi connectivity index (χ1v) is 4.42. The molecule has 0 aliphatic carbocycles. The minimum atomic E-state index is -4.02. The van der Waals surface area contributed by atoms with Crippen LogP contribution in [0.2, 0.25) is 0 Å². The van der Waals surface area contributed by atoms with Crippen molar-refractivity contribution in [3.05, 3.63) is 0 Å². The second kappa shape index (κ2) is 5.75. The van der Waals surface area contributed by atoms with Crippen molar-refractivity contribution in [2.24, 2.45) is 0 Å². The molecule has 0 saturated heterocycles. The molecule has 0 heterocycles. The molecule has 0 aromatic heterocycles. The molecule has 0 aromatic carbocycles. The summed E-state index contributed by atoms with van der Waals surface area (Å²) in [6.07, 6.45) is -3.12. The SMILES string of the molecule is FC(F)C(F)(F)COCCCBr. The molecule has 0 radical (unpaired) electrons. The summed E-state index contributed by atoms with van der Waals surface area (Å²) in [6.45, 7) is -1.15. The highest BCUT2D eigenvalue weighted by Gasteiger charge is 2.40. The minimum absolute atomic E-state index is 0.0631. The van der Waals surface area contributed by atoms with Gasteiger partial charge in [-0.05, 0) is 6.42 Å². The average Bonchev–Trinajstić information content (AvgIpc) is 1.98. The molecule has 6 heteroatoms. The summed E-state index contributed by atoms with van der Waals surface area (Å²) < 4.78 is 51.5. The van der Waals surface area contributed by atoms with Crippen LogP contribution < -0.4 is 0 Å². The fraction of sp³-hybridized carbons (Fsp3) is 1.00. The van der Waals surface area contributed by atoms with Gasteiger partial charge in [-0.1, -0.05) is 15.9 Å². The van der Waals surface area contributed by atoms with E-state index < -0.39 is 19.0 Å². The Balaban J connectivity index is 3.47. The van der Waals surface area contributed by atoms with Gasteiger partial charge in [0.25, 0.3) is 0 Å². The molecule has 0 bridgehead atoms. The fourth-order valence-electron chi connectivity index (χ4n) is 0.428. The maximum Gasteiger partial charge on any atom is 0.330 e. The first kappa shape index (κ1) is 12.2. The Morgan fingerprint density at radius 3 is 2.33 bits per heavy atom. The number of rotatable bonds is 6. The van der Waals surface area contributed by atoms with Crippen molar-refractivity contribution in [1.82, 2.24) is 0 Å². The third-order valence-electron chi connectivity index (χ3n) is 1.04. The van der Waals surface area contributed by atoms with Gasteiger partial charge in [0.05, 0.1) is 0 Å². The second-order valence-electron chi connectivity index (χ2n) is 2.16. The van der Waals surface area contributed by atoms with Crippen LogP contribution in [0.4, 0.5) is 17.6 Å². The van der Waals surface area contributed by atoms with Crippen LogP contribution in [-0.2, 0) is 4.74 Å². The number of alkyl halides is 5. The normalized spacial score (nSPS) is 12.5. The van der Waals surface area contributed by atoms with E-state index >= 15 is 0 Å². The lowest BCUT2D eigenvalue weighted by molar-refractivity contribution is -0.165. The maximum atomic E-state index is 12.1. The summed E-state index contributed by atoms with van der Waals surface area (Å²) in [5, 5.41) is 0.604. The van der Waals surface area contributed by atoms with Crippen LogP contribution >= 0.6 is 15.9 Å². The van der Waals surface area contributed by atoms with Crippen molar-refractivity contribution in [2.75, 3.05) is 18.5 Å². The van der Waals surface area contributed by atoms with Crippen molar-refractivity contribution in [2.45, 2.75) is 18.8 Å². The van der Waals surface area contributed by atoms with Gasteiger partial charge in [0.15, 0.2) is 0 Å². The smallest absolute Gasteiger partial charge is 0.330 e. The molecule has 1 nitrogen and oxygen atoms in total. The molecule has 0 saturated carbocycles. The fourth-order valence-corrected chi connectivity index (χ4v) is 0.657. The standard InChI is InChI=1S/C6H9BrF4O/c7-2-1-3-12-4-6(10,11)5(8)9/h5H,1-4H2. The Morgan fingerprint density at radius 1 is 1.33 bits per heavy atom. The van der Waals surface area contributed by atoms with Crippen molar-refractivity contribution < 1.29 is 22.3 Å². The predicted octanol–water partition coefficient (Wildman–Crippen LogP) is 2.69. The Bertz CT molecular complexity index is 120. The van der Waals surface area contributed by atoms with E-state index in [9.17, 15) is 17.6 Å². The van der Waals surface area contributed by atoms with Gasteiger partial charge in [-0.25, -0.2) is 8.78 Å². The largest absolute Gasteiger partial charge is 0.375 e. The molecule has 0 aromatic rings. The summed E-state index contributed by atoms with van der Waals surface area (Å²) in [5.74, 6) is -4.02. The van der Waals surface area contributed by atoms with Gasteiger partial charge in [0, 0.05) is 11.9 Å². The molecule has 0 N–H and O–H groups in total. The third-order valence-corrected chi connectivity index (χ3v) is 1.60. The van der Waals surface area contributed by atoms with E-state index in [1.165, 1.54) is 0 Å². The summed E-state index contributed by atoms with van der Waals surface area (Å²) in [4.78, 5) is 0. The van der Waals surface area contributed by atoms with Gasteiger partial charge < -0.3 is 4.74 Å². The third kappa shape index (κ3) is 4.92. The highest BCUT2D eigenvalue weighted by atomic mass is 79.9. The van der Waals surface area contributed by atoms with Crippen molar-refractivity contribution in [3.8, 4) is 0 Å². The minimum Gasteiger partial charge on any atom is -0.375 e. The van der Waals surface area contributed by atoms with Crippen LogP contribution in [0.5, 0.6) is 0 Å². The zero-order valence-corrected chi connectivity index (χ0v) is 7.79. The Morgan fingerprint density at radius 2 is 1.92 bits per heavy atom. The van der Waals surface area contributed by atoms with Crippen molar-refractivity contribution >= 4 is 15.9 Å². The zero-order chi connectivity index (χ0) is 9.61. The maximum absolute atomic E-state index is 12.1. The van der Waals surface area contributed by atoms with Gasteiger partial charge >= 0.3 is 12.3 Å². The predicted molar refractivity (Wildman–Crippen MR) is 40.2 cm³/mol. The molecule has 74 valence electrons. The lowest BCUT2D eigenvalue weighted by Crippen LogP contribution is -2.32. The molecule has 0 fully saturated rings. The van der Waals surface area contributed by atoms with Crippen LogP contribution in [0.15, 0.2) is 0 Å². The van der Waals surface area contributed by atoms with Crippen LogP contribution in [0.25, 0.3) is 0 Å². The van der Waals surface area contributed by atoms with Gasteiger partial charge in [0.1, 0.15) is 6.61 Å². The van der Waals surface area contributed by atoms with E-state index in [-0.39, 0.29) is 6.61 Å². The van der Waals surface area contributed by atoms with Gasteiger partial charge in [-0.3, -0.25) is 0 Å². The lowest BCUT2D eigenvalue weighted by Gasteiger charge is -2.14. The molecule has 0 atom stereocenters. The molecule has 0 unspecified atom stereocenters. The summed E-state index contributed by atoms with van der Waals surface area (Å²) in [6, 6.07) is 0. The van der Waals surface area contributed by atoms with Crippen LogP contribution in [0.1, 0.15) is 6.42 Å². The summed E-state index contributed by atoms with van der Waals surface area (Å²) >= 11 is 3.04. The lowest BCUT2D eigenvalue weighted by atomic mass is 10.4. The topological polar surface area (TPSA) is 9.23 Å². The molecule has 0 spiro atoms. The van der Waals surface area contributed by atoms with Gasteiger partial charge in [-0.2, -0.15) is 8.78 Å². The van der Waals surface area contributed by atoms with E-state index in [1.54, 1.807) is 0 Å². The molecule has 12 heavy (non-hydrogen) atoms. The first-order valence-electron chi connectivity index (χ1n) is 3.30. The van der Waals surface area contributed by atoms with E-state index in [1.807, 2.05) is 0 Å². The first-order chi connectivity index (χ1) is 5.50. The average molecular weight is 253 g/mol. The highest BCUT2D eigenvalue weighted by Crippen LogP contribution is 2.22. The van der Waals surface area contributed by atoms with Crippen LogP contribution in [0.3, 0.4) is 0 Å². The quantitative estimate of drug-likeness (QED) is 0.401. The summed E-state index contributed by atoms with van der Waals surface area (Å²) in [5.41, 5.74) is 0. The molecule has 0 amide bonds. The Labute approximate surface area is 76.2 Å². The van der Waals surface area contributed by atoms with E-state index in [2.05, 4.69) is 20.7 Å². The molecular formula is C6H9BrF4O. The number of halogens is 5. The zero-order valence-electron chi connectivity index (χ0n) is 6.20. The second-order valence-corrected chi connectivity index (χ2v) is 2.95. The molecule has 0 rings (SSSR count). The highest BCUT2D eigenvalue weighted by molar-refractivity contribution is 9.09. The van der Waals surface area contributed by atoms with Gasteiger partial charge in [0.2, 0.25) is 0 Å². The molecule has 0 aliphatic heterocycles. The number of hydrogen-bond donors (Lipinski definition) is 0. The van der Waals surface area contributed by atoms with E-state index in [4.69, 9.17) is 0 Å². The van der Waals surface area contributed by atoms with Crippen LogP contribution in [-0.4, -0.2) is 30.9 Å². The van der Waals surface area contributed by atoms with Crippen molar-refractivity contribution in [1.29, 1.82) is 0 Å². The number of hydrogen-bond acceptors (Lipinski definition) is 1.